The number of hydrogen-bond donors (Lipinski definition) is 2. The van der Waals surface area contributed by atoms with Gasteiger partial charge in [0, 0.05) is 0 Å². The lowest BCUT2D eigenvalue weighted by Gasteiger charge is -2.40. The molecule has 0 aliphatic heterocycles. The van der Waals surface area contributed by atoms with Gasteiger partial charge in [-0.3, -0.25) is 0 Å². The maximum atomic E-state index is 5.63. The van der Waals surface area contributed by atoms with E-state index in [4.69, 9.17) is 11.5 Å². The van der Waals surface area contributed by atoms with Crippen molar-refractivity contribution in [2.24, 2.45) is 29.2 Å². The van der Waals surface area contributed by atoms with Crippen LogP contribution in [0.5, 0.6) is 0 Å². The summed E-state index contributed by atoms with van der Waals surface area (Å²) < 4.78 is 0. The molecule has 66 valence electrons. The van der Waals surface area contributed by atoms with Gasteiger partial charge in [-0.15, -0.1) is 0 Å². The zero-order valence-electron chi connectivity index (χ0n) is 7.42. The van der Waals surface area contributed by atoms with E-state index in [0.717, 1.165) is 30.8 Å². The Morgan fingerprint density at radius 2 is 2.09 bits per heavy atom. The highest BCUT2D eigenvalue weighted by molar-refractivity contribution is 4.84. The second kappa shape index (κ2) is 4.07. The van der Waals surface area contributed by atoms with Crippen molar-refractivity contribution in [3.63, 3.8) is 0 Å². The average Bonchev–Trinajstić information content (AvgIpc) is 1.86. The van der Waals surface area contributed by atoms with Crippen LogP contribution in [0.15, 0.2) is 0 Å². The van der Waals surface area contributed by atoms with Gasteiger partial charge in [-0.25, -0.2) is 0 Å². The summed E-state index contributed by atoms with van der Waals surface area (Å²) in [6.07, 6.45) is 3.89. The third-order valence-corrected chi connectivity index (χ3v) is 3.13. The third-order valence-electron chi connectivity index (χ3n) is 3.13. The Bertz CT molecular complexity index is 112. The van der Waals surface area contributed by atoms with Crippen LogP contribution in [0.4, 0.5) is 0 Å². The zero-order chi connectivity index (χ0) is 8.27. The second-order valence-electron chi connectivity index (χ2n) is 3.79. The van der Waals surface area contributed by atoms with E-state index in [2.05, 4.69) is 6.92 Å². The van der Waals surface area contributed by atoms with Gasteiger partial charge in [0.1, 0.15) is 0 Å². The summed E-state index contributed by atoms with van der Waals surface area (Å²) in [5.74, 6) is 2.47. The van der Waals surface area contributed by atoms with Crippen molar-refractivity contribution in [2.45, 2.75) is 26.2 Å². The van der Waals surface area contributed by atoms with Crippen LogP contribution in [0.1, 0.15) is 26.2 Å². The highest BCUT2D eigenvalue weighted by Crippen LogP contribution is 2.39. The molecule has 1 saturated carbocycles. The normalized spacial score (nSPS) is 33.0. The summed E-state index contributed by atoms with van der Waals surface area (Å²) >= 11 is 0. The summed E-state index contributed by atoms with van der Waals surface area (Å²) in [5, 5.41) is 0. The summed E-state index contributed by atoms with van der Waals surface area (Å²) in [6.45, 7) is 4.01. The summed E-state index contributed by atoms with van der Waals surface area (Å²) in [5.41, 5.74) is 11.1. The fourth-order valence-corrected chi connectivity index (χ4v) is 2.11. The Kier molecular flexibility index (Phi) is 3.34. The largest absolute Gasteiger partial charge is 0.330 e. The van der Waals surface area contributed by atoms with E-state index in [-0.39, 0.29) is 0 Å². The van der Waals surface area contributed by atoms with Gasteiger partial charge < -0.3 is 11.5 Å². The molecule has 1 fully saturated rings. The van der Waals surface area contributed by atoms with Crippen LogP contribution in [0.25, 0.3) is 0 Å². The maximum absolute atomic E-state index is 5.63. The van der Waals surface area contributed by atoms with Crippen LogP contribution in [0.2, 0.25) is 0 Å². The van der Waals surface area contributed by atoms with Crippen molar-refractivity contribution < 1.29 is 0 Å². The van der Waals surface area contributed by atoms with Crippen molar-refractivity contribution in [1.82, 2.24) is 0 Å². The summed E-state index contributed by atoms with van der Waals surface area (Å²) in [4.78, 5) is 0. The molecule has 1 rings (SSSR count). The van der Waals surface area contributed by atoms with Gasteiger partial charge in [-0.05, 0) is 50.1 Å². The van der Waals surface area contributed by atoms with Crippen LogP contribution < -0.4 is 11.5 Å². The predicted molar refractivity (Wildman–Crippen MR) is 48.1 cm³/mol. The Morgan fingerprint density at radius 1 is 1.36 bits per heavy atom. The highest BCUT2D eigenvalue weighted by Gasteiger charge is 2.32. The lowest BCUT2D eigenvalue weighted by molar-refractivity contribution is 0.115. The van der Waals surface area contributed by atoms with E-state index in [1.807, 2.05) is 0 Å². The fraction of sp³-hybridized carbons (Fsp3) is 1.00. The molecule has 0 heterocycles. The average molecular weight is 156 g/mol. The Balaban J connectivity index is 2.24. The predicted octanol–water partition coefficient (Wildman–Crippen LogP) is 0.956. The first-order valence-corrected chi connectivity index (χ1v) is 4.69. The molecule has 11 heavy (non-hydrogen) atoms. The van der Waals surface area contributed by atoms with Gasteiger partial charge in [0.25, 0.3) is 0 Å². The lowest BCUT2D eigenvalue weighted by atomic mass is 9.67. The number of hydrogen-bond acceptors (Lipinski definition) is 2. The molecule has 0 saturated heterocycles. The lowest BCUT2D eigenvalue weighted by Crippen LogP contribution is -2.37. The van der Waals surface area contributed by atoms with Crippen molar-refractivity contribution in [1.29, 1.82) is 0 Å². The molecule has 0 spiro atoms. The van der Waals surface area contributed by atoms with Crippen LogP contribution in [-0.4, -0.2) is 13.1 Å². The highest BCUT2D eigenvalue weighted by atomic mass is 14.6. The standard InChI is InChI=1S/C9H20N2/c1-7(4-5-10)9-3-2-8(9)6-11/h7-9H,2-6,10-11H2,1H3. The monoisotopic (exact) mass is 156 g/mol. The first-order chi connectivity index (χ1) is 5.29. The number of nitrogens with two attached hydrogens (primary N) is 2. The molecule has 3 unspecified atom stereocenters. The van der Waals surface area contributed by atoms with E-state index < -0.39 is 0 Å². The molecule has 4 N–H and O–H groups in total. The molecule has 0 aromatic heterocycles. The van der Waals surface area contributed by atoms with Gasteiger partial charge in [0.2, 0.25) is 0 Å². The molecule has 1 aliphatic rings. The topological polar surface area (TPSA) is 52.0 Å². The quantitative estimate of drug-likeness (QED) is 0.637. The first kappa shape index (κ1) is 9.01. The Morgan fingerprint density at radius 3 is 2.45 bits per heavy atom. The van der Waals surface area contributed by atoms with E-state index in [0.29, 0.717) is 0 Å². The molecular formula is C9H20N2. The van der Waals surface area contributed by atoms with Gasteiger partial charge >= 0.3 is 0 Å². The van der Waals surface area contributed by atoms with E-state index in [1.54, 1.807) is 0 Å². The minimum atomic E-state index is 0.794. The van der Waals surface area contributed by atoms with Crippen molar-refractivity contribution in [3.05, 3.63) is 0 Å². The Hall–Kier alpha value is -0.0800. The summed E-state index contributed by atoms with van der Waals surface area (Å²) in [7, 11) is 0. The minimum Gasteiger partial charge on any atom is -0.330 e. The third kappa shape index (κ3) is 1.94. The molecule has 0 amide bonds. The second-order valence-corrected chi connectivity index (χ2v) is 3.79. The van der Waals surface area contributed by atoms with Crippen LogP contribution >= 0.6 is 0 Å². The van der Waals surface area contributed by atoms with Crippen LogP contribution in [0, 0.1) is 17.8 Å². The van der Waals surface area contributed by atoms with Crippen LogP contribution in [0.3, 0.4) is 0 Å². The van der Waals surface area contributed by atoms with Gasteiger partial charge in [-0.1, -0.05) is 6.92 Å². The molecule has 0 aromatic rings. The molecule has 3 atom stereocenters. The first-order valence-electron chi connectivity index (χ1n) is 4.69. The van der Waals surface area contributed by atoms with Crippen molar-refractivity contribution in [2.75, 3.05) is 13.1 Å². The van der Waals surface area contributed by atoms with Crippen molar-refractivity contribution >= 4 is 0 Å². The maximum Gasteiger partial charge on any atom is -0.00461 e. The molecule has 1 aliphatic carbocycles. The minimum absolute atomic E-state index is 0.794. The van der Waals surface area contributed by atoms with E-state index in [1.165, 1.54) is 19.3 Å². The smallest absolute Gasteiger partial charge is 0.00461 e. The molecule has 0 aromatic carbocycles. The van der Waals surface area contributed by atoms with Crippen molar-refractivity contribution in [3.8, 4) is 0 Å². The molecule has 0 radical (unpaired) electrons. The zero-order valence-corrected chi connectivity index (χ0v) is 7.42. The number of rotatable bonds is 4. The van der Waals surface area contributed by atoms with Gasteiger partial charge in [0.05, 0.1) is 0 Å². The van der Waals surface area contributed by atoms with E-state index in [9.17, 15) is 0 Å². The molecule has 0 bridgehead atoms. The van der Waals surface area contributed by atoms with Crippen LogP contribution in [-0.2, 0) is 0 Å². The van der Waals surface area contributed by atoms with Gasteiger partial charge in [-0.2, -0.15) is 0 Å². The van der Waals surface area contributed by atoms with E-state index >= 15 is 0 Å². The Labute approximate surface area is 69.3 Å². The molecular weight excluding hydrogens is 136 g/mol. The SMILES string of the molecule is CC(CCN)C1CCC1CN. The summed E-state index contributed by atoms with van der Waals surface area (Å²) in [6, 6.07) is 0. The molecule has 2 nitrogen and oxygen atoms in total. The molecule has 2 heteroatoms. The fourth-order valence-electron chi connectivity index (χ4n) is 2.11. The van der Waals surface area contributed by atoms with Gasteiger partial charge in [0.15, 0.2) is 0 Å².